The summed E-state index contributed by atoms with van der Waals surface area (Å²) in [7, 11) is 0. The summed E-state index contributed by atoms with van der Waals surface area (Å²) in [6, 6.07) is 8.49. The third-order valence-electron chi connectivity index (χ3n) is 3.24. The summed E-state index contributed by atoms with van der Waals surface area (Å²) in [5.41, 5.74) is 1.02. The number of hydrogen-bond donors (Lipinski definition) is 0. The minimum absolute atomic E-state index is 0.0881. The number of carbonyl (C=O) groups excluding carboxylic acids is 1. The van der Waals surface area contributed by atoms with Crippen LogP contribution in [0.2, 0.25) is 0 Å². The highest BCUT2D eigenvalue weighted by Gasteiger charge is 2.13. The molecule has 5 nitrogen and oxygen atoms in total. The zero-order chi connectivity index (χ0) is 17.8. The van der Waals surface area contributed by atoms with Crippen molar-refractivity contribution >= 4 is 5.78 Å². The van der Waals surface area contributed by atoms with Crippen LogP contribution in [0.1, 0.15) is 21.9 Å². The van der Waals surface area contributed by atoms with Crippen LogP contribution in [0.3, 0.4) is 0 Å². The largest absolute Gasteiger partial charge is 0.455 e. The van der Waals surface area contributed by atoms with Crippen LogP contribution in [0.15, 0.2) is 48.8 Å². The fourth-order valence-electron chi connectivity index (χ4n) is 2.23. The van der Waals surface area contributed by atoms with E-state index in [0.717, 1.165) is 6.20 Å². The molecule has 3 rings (SSSR count). The Morgan fingerprint density at radius 1 is 1.08 bits per heavy atom. The van der Waals surface area contributed by atoms with Gasteiger partial charge in [0, 0.05) is 23.9 Å². The molecule has 0 radical (unpaired) electrons. The van der Waals surface area contributed by atoms with Gasteiger partial charge in [0.15, 0.2) is 5.78 Å². The molecule has 0 spiro atoms. The van der Waals surface area contributed by atoms with E-state index in [-0.39, 0.29) is 23.6 Å². The van der Waals surface area contributed by atoms with E-state index in [0.29, 0.717) is 17.1 Å². The number of pyridine rings is 3. The van der Waals surface area contributed by atoms with Crippen molar-refractivity contribution in [1.29, 1.82) is 0 Å². The lowest BCUT2D eigenvalue weighted by atomic mass is 10.1. The van der Waals surface area contributed by atoms with Gasteiger partial charge in [-0.15, -0.1) is 0 Å². The third kappa shape index (κ3) is 4.41. The number of Topliss-reactive ketones (excluding diaryl/α,β-unsaturated/α-hetero) is 1. The van der Waals surface area contributed by atoms with Crippen LogP contribution in [-0.4, -0.2) is 20.7 Å². The molecule has 0 N–H and O–H groups in total. The van der Waals surface area contributed by atoms with Crippen molar-refractivity contribution < 1.29 is 18.3 Å². The Bertz CT molecular complexity index is 932. The second-order valence-corrected chi connectivity index (χ2v) is 5.32. The first-order valence-electron chi connectivity index (χ1n) is 7.41. The minimum Gasteiger partial charge on any atom is -0.455 e. The molecule has 0 bridgehead atoms. The van der Waals surface area contributed by atoms with E-state index in [2.05, 4.69) is 15.0 Å². The van der Waals surface area contributed by atoms with Gasteiger partial charge in [-0.05, 0) is 19.1 Å². The summed E-state index contributed by atoms with van der Waals surface area (Å²) in [6.07, 6.45) is 2.33. The van der Waals surface area contributed by atoms with Crippen molar-refractivity contribution in [1.82, 2.24) is 15.0 Å². The maximum Gasteiger partial charge on any atom is 0.213 e. The quantitative estimate of drug-likeness (QED) is 0.523. The lowest BCUT2D eigenvalue weighted by Crippen LogP contribution is -2.09. The van der Waals surface area contributed by atoms with Crippen LogP contribution in [0.25, 0.3) is 0 Å². The number of carbonyl (C=O) groups is 1. The second-order valence-electron chi connectivity index (χ2n) is 5.32. The molecule has 0 unspecified atom stereocenters. The summed E-state index contributed by atoms with van der Waals surface area (Å²) in [5.74, 6) is -0.975. The molecule has 0 saturated carbocycles. The molecule has 3 aromatic rings. The van der Waals surface area contributed by atoms with Crippen molar-refractivity contribution in [3.63, 3.8) is 0 Å². The monoisotopic (exact) mass is 341 g/mol. The molecular weight excluding hydrogens is 328 g/mol. The van der Waals surface area contributed by atoms with Gasteiger partial charge >= 0.3 is 0 Å². The Balaban J connectivity index is 1.82. The van der Waals surface area contributed by atoms with Crippen LogP contribution in [0.5, 0.6) is 11.5 Å². The van der Waals surface area contributed by atoms with E-state index in [4.69, 9.17) is 4.74 Å². The summed E-state index contributed by atoms with van der Waals surface area (Å²) in [5, 5.41) is 0. The molecule has 0 amide bonds. The standard InChI is InChI=1S/C18H13F2N3O2/c1-11-5-14(25-15-6-12(19)9-21-10-15)8-16(22-11)17(24)7-13-3-2-4-18(20)23-13/h2-6,8-10H,7H2,1H3. The number of nitrogens with zero attached hydrogens (tertiary/aromatic N) is 3. The molecule has 7 heteroatoms. The predicted octanol–water partition coefficient (Wildman–Crippen LogP) is 3.68. The van der Waals surface area contributed by atoms with E-state index in [1.807, 2.05) is 0 Å². The average molecular weight is 341 g/mol. The zero-order valence-corrected chi connectivity index (χ0v) is 13.2. The molecule has 25 heavy (non-hydrogen) atoms. The zero-order valence-electron chi connectivity index (χ0n) is 13.2. The van der Waals surface area contributed by atoms with Gasteiger partial charge in [0.1, 0.15) is 23.0 Å². The van der Waals surface area contributed by atoms with Gasteiger partial charge in [0.2, 0.25) is 5.95 Å². The maximum atomic E-state index is 13.2. The second kappa shape index (κ2) is 7.12. The first-order chi connectivity index (χ1) is 12.0. The van der Waals surface area contributed by atoms with Gasteiger partial charge in [0.25, 0.3) is 0 Å². The van der Waals surface area contributed by atoms with Gasteiger partial charge in [0.05, 0.1) is 24.5 Å². The molecule has 3 aromatic heterocycles. The maximum absolute atomic E-state index is 13.2. The highest BCUT2D eigenvalue weighted by molar-refractivity contribution is 5.95. The fourth-order valence-corrected chi connectivity index (χ4v) is 2.23. The lowest BCUT2D eigenvalue weighted by molar-refractivity contribution is 0.0986. The number of rotatable bonds is 5. The predicted molar refractivity (Wildman–Crippen MR) is 85.5 cm³/mol. The first-order valence-corrected chi connectivity index (χ1v) is 7.41. The molecule has 0 aliphatic rings. The summed E-state index contributed by atoms with van der Waals surface area (Å²) < 4.78 is 31.8. The van der Waals surface area contributed by atoms with Gasteiger partial charge in [-0.3, -0.25) is 9.78 Å². The molecule has 0 aliphatic carbocycles. The molecule has 3 heterocycles. The van der Waals surface area contributed by atoms with Crippen LogP contribution in [0.4, 0.5) is 8.78 Å². The van der Waals surface area contributed by atoms with Crippen LogP contribution in [-0.2, 0) is 6.42 Å². The first kappa shape index (κ1) is 16.6. The van der Waals surface area contributed by atoms with E-state index < -0.39 is 11.8 Å². The normalized spacial score (nSPS) is 10.5. The smallest absolute Gasteiger partial charge is 0.213 e. The molecule has 0 aliphatic heterocycles. The number of ketones is 1. The molecule has 0 atom stereocenters. The number of aryl methyl sites for hydroxylation is 1. The van der Waals surface area contributed by atoms with Crippen molar-refractivity contribution in [2.24, 2.45) is 0 Å². The SMILES string of the molecule is Cc1cc(Oc2cncc(F)c2)cc(C(=O)Cc2cccc(F)n2)n1. The average Bonchev–Trinajstić information content (AvgIpc) is 2.54. The van der Waals surface area contributed by atoms with Crippen molar-refractivity contribution in [2.45, 2.75) is 13.3 Å². The van der Waals surface area contributed by atoms with E-state index in [9.17, 15) is 13.6 Å². The van der Waals surface area contributed by atoms with Crippen LogP contribution >= 0.6 is 0 Å². The summed E-state index contributed by atoms with van der Waals surface area (Å²) in [6.45, 7) is 1.70. The number of hydrogen-bond acceptors (Lipinski definition) is 5. The Morgan fingerprint density at radius 2 is 1.92 bits per heavy atom. The Labute approximate surface area is 142 Å². The van der Waals surface area contributed by atoms with E-state index in [1.165, 1.54) is 30.5 Å². The highest BCUT2D eigenvalue weighted by Crippen LogP contribution is 2.23. The van der Waals surface area contributed by atoms with Crippen molar-refractivity contribution in [3.05, 3.63) is 77.6 Å². The highest BCUT2D eigenvalue weighted by atomic mass is 19.1. The van der Waals surface area contributed by atoms with Crippen LogP contribution in [0, 0.1) is 18.7 Å². The number of halogens is 2. The summed E-state index contributed by atoms with van der Waals surface area (Å²) >= 11 is 0. The fraction of sp³-hybridized carbons (Fsp3) is 0.111. The van der Waals surface area contributed by atoms with Crippen molar-refractivity contribution in [2.75, 3.05) is 0 Å². The third-order valence-corrected chi connectivity index (χ3v) is 3.24. The molecule has 126 valence electrons. The van der Waals surface area contributed by atoms with Gasteiger partial charge in [-0.1, -0.05) is 6.07 Å². The van der Waals surface area contributed by atoms with E-state index >= 15 is 0 Å². The topological polar surface area (TPSA) is 65.0 Å². The number of aromatic nitrogens is 3. The Morgan fingerprint density at radius 3 is 2.68 bits per heavy atom. The van der Waals surface area contributed by atoms with Crippen LogP contribution < -0.4 is 4.74 Å². The molecular formula is C18H13F2N3O2. The van der Waals surface area contributed by atoms with Crippen molar-refractivity contribution in [3.8, 4) is 11.5 Å². The van der Waals surface area contributed by atoms with Gasteiger partial charge < -0.3 is 4.74 Å². The summed E-state index contributed by atoms with van der Waals surface area (Å²) in [4.78, 5) is 23.9. The minimum atomic E-state index is -0.648. The lowest BCUT2D eigenvalue weighted by Gasteiger charge is -2.08. The van der Waals surface area contributed by atoms with Gasteiger partial charge in [-0.25, -0.2) is 14.4 Å². The van der Waals surface area contributed by atoms with E-state index in [1.54, 1.807) is 19.1 Å². The molecule has 0 saturated heterocycles. The molecule has 0 aromatic carbocycles. The Hall–Kier alpha value is -3.22. The Kier molecular flexibility index (Phi) is 4.74. The van der Waals surface area contributed by atoms with Gasteiger partial charge in [-0.2, -0.15) is 4.39 Å². The molecule has 0 fully saturated rings. The number of ether oxygens (including phenoxy) is 1.